The SMILES string of the molecule is O=c1[nH]c2ccc(F)cc2c(O)c1-c1ccc(Cl)cc1Cl. The molecule has 6 heteroatoms. The fourth-order valence-electron chi connectivity index (χ4n) is 2.19. The van der Waals surface area contributed by atoms with E-state index in [4.69, 9.17) is 23.2 Å². The number of hydrogen-bond acceptors (Lipinski definition) is 2. The Bertz CT molecular complexity index is 921. The number of aromatic hydroxyl groups is 1. The molecule has 0 aliphatic carbocycles. The maximum atomic E-state index is 13.3. The zero-order valence-electron chi connectivity index (χ0n) is 10.5. The third-order valence-corrected chi connectivity index (χ3v) is 3.70. The highest BCUT2D eigenvalue weighted by molar-refractivity contribution is 6.36. The van der Waals surface area contributed by atoms with Gasteiger partial charge in [-0.1, -0.05) is 29.3 Å². The van der Waals surface area contributed by atoms with Gasteiger partial charge >= 0.3 is 0 Å². The Balaban J connectivity index is 2.39. The Morgan fingerprint density at radius 3 is 2.57 bits per heavy atom. The van der Waals surface area contributed by atoms with Crippen molar-refractivity contribution in [2.75, 3.05) is 0 Å². The highest BCUT2D eigenvalue weighted by Crippen LogP contribution is 2.36. The lowest BCUT2D eigenvalue weighted by Crippen LogP contribution is -2.09. The van der Waals surface area contributed by atoms with Gasteiger partial charge in [-0.3, -0.25) is 4.79 Å². The number of aromatic nitrogens is 1. The molecule has 0 fully saturated rings. The molecule has 1 aromatic heterocycles. The molecule has 2 N–H and O–H groups in total. The van der Waals surface area contributed by atoms with Gasteiger partial charge in [0.15, 0.2) is 0 Å². The quantitative estimate of drug-likeness (QED) is 0.699. The fraction of sp³-hybridized carbons (Fsp3) is 0. The Hall–Kier alpha value is -2.04. The lowest BCUT2D eigenvalue weighted by molar-refractivity contribution is 0.482. The second-order valence-corrected chi connectivity index (χ2v) is 5.34. The van der Waals surface area contributed by atoms with Crippen molar-refractivity contribution in [3.63, 3.8) is 0 Å². The number of benzene rings is 2. The molecule has 0 bridgehead atoms. The molecule has 0 saturated carbocycles. The molecular formula is C15H8Cl2FNO2. The van der Waals surface area contributed by atoms with Crippen LogP contribution in [0.1, 0.15) is 0 Å². The molecule has 0 unspecified atom stereocenters. The van der Waals surface area contributed by atoms with Crippen LogP contribution in [0.5, 0.6) is 5.75 Å². The minimum atomic E-state index is -0.518. The average molecular weight is 324 g/mol. The molecule has 0 aliphatic rings. The summed E-state index contributed by atoms with van der Waals surface area (Å²) in [4.78, 5) is 14.8. The zero-order chi connectivity index (χ0) is 15.1. The van der Waals surface area contributed by atoms with Crippen molar-refractivity contribution in [1.29, 1.82) is 0 Å². The summed E-state index contributed by atoms with van der Waals surface area (Å²) in [5.74, 6) is -0.838. The van der Waals surface area contributed by atoms with Gasteiger partial charge in [0, 0.05) is 16.0 Å². The van der Waals surface area contributed by atoms with Crippen LogP contribution in [-0.4, -0.2) is 10.1 Å². The van der Waals surface area contributed by atoms with E-state index < -0.39 is 11.4 Å². The summed E-state index contributed by atoms with van der Waals surface area (Å²) in [5, 5.41) is 11.2. The maximum Gasteiger partial charge on any atom is 0.260 e. The molecule has 0 amide bonds. The van der Waals surface area contributed by atoms with Crippen LogP contribution >= 0.6 is 23.2 Å². The predicted octanol–water partition coefficient (Wildman–Crippen LogP) is 4.35. The number of halogens is 3. The van der Waals surface area contributed by atoms with Crippen LogP contribution in [0.15, 0.2) is 41.2 Å². The van der Waals surface area contributed by atoms with E-state index in [1.54, 1.807) is 6.07 Å². The zero-order valence-corrected chi connectivity index (χ0v) is 12.0. The van der Waals surface area contributed by atoms with E-state index in [9.17, 15) is 14.3 Å². The van der Waals surface area contributed by atoms with Crippen LogP contribution in [0, 0.1) is 5.82 Å². The van der Waals surface area contributed by atoms with Crippen LogP contribution in [0.2, 0.25) is 10.0 Å². The highest BCUT2D eigenvalue weighted by Gasteiger charge is 2.17. The van der Waals surface area contributed by atoms with Crippen LogP contribution in [0.4, 0.5) is 4.39 Å². The summed E-state index contributed by atoms with van der Waals surface area (Å²) in [5.41, 5.74) is 0.129. The van der Waals surface area contributed by atoms with Crippen molar-refractivity contribution in [3.8, 4) is 16.9 Å². The van der Waals surface area contributed by atoms with E-state index in [2.05, 4.69) is 4.98 Å². The molecule has 0 aliphatic heterocycles. The van der Waals surface area contributed by atoms with Crippen molar-refractivity contribution < 1.29 is 9.50 Å². The van der Waals surface area contributed by atoms with Gasteiger partial charge in [-0.15, -0.1) is 0 Å². The second-order valence-electron chi connectivity index (χ2n) is 4.49. The predicted molar refractivity (Wildman–Crippen MR) is 81.6 cm³/mol. The molecule has 0 radical (unpaired) electrons. The number of hydrogen-bond donors (Lipinski definition) is 2. The third kappa shape index (κ3) is 2.37. The largest absolute Gasteiger partial charge is 0.506 e. The summed E-state index contributed by atoms with van der Waals surface area (Å²) >= 11 is 11.9. The third-order valence-electron chi connectivity index (χ3n) is 3.15. The first kappa shape index (κ1) is 13.9. The monoisotopic (exact) mass is 323 g/mol. The smallest absolute Gasteiger partial charge is 0.260 e. The molecule has 3 nitrogen and oxygen atoms in total. The fourth-order valence-corrected chi connectivity index (χ4v) is 2.69. The summed E-state index contributed by atoms with van der Waals surface area (Å²) in [7, 11) is 0. The molecule has 106 valence electrons. The number of rotatable bonds is 1. The Morgan fingerprint density at radius 1 is 1.10 bits per heavy atom. The van der Waals surface area contributed by atoms with Crippen molar-refractivity contribution in [1.82, 2.24) is 4.98 Å². The van der Waals surface area contributed by atoms with E-state index in [-0.39, 0.29) is 21.7 Å². The Kier molecular flexibility index (Phi) is 3.35. The molecule has 3 aromatic rings. The van der Waals surface area contributed by atoms with E-state index in [1.165, 1.54) is 24.3 Å². The molecular weight excluding hydrogens is 316 g/mol. The summed E-state index contributed by atoms with van der Waals surface area (Å²) in [6.07, 6.45) is 0. The lowest BCUT2D eigenvalue weighted by Gasteiger charge is -2.09. The molecule has 1 heterocycles. The highest BCUT2D eigenvalue weighted by atomic mass is 35.5. The van der Waals surface area contributed by atoms with E-state index in [1.807, 2.05) is 0 Å². The first-order valence-electron chi connectivity index (χ1n) is 5.97. The lowest BCUT2D eigenvalue weighted by atomic mass is 10.0. The molecule has 3 rings (SSSR count). The molecule has 21 heavy (non-hydrogen) atoms. The molecule has 0 atom stereocenters. The van der Waals surface area contributed by atoms with Gasteiger partial charge < -0.3 is 10.1 Å². The number of H-pyrrole nitrogens is 1. The first-order valence-corrected chi connectivity index (χ1v) is 6.73. The van der Waals surface area contributed by atoms with Crippen LogP contribution in [0.25, 0.3) is 22.0 Å². The van der Waals surface area contributed by atoms with Crippen molar-refractivity contribution in [2.45, 2.75) is 0 Å². The van der Waals surface area contributed by atoms with Crippen LogP contribution in [0.3, 0.4) is 0 Å². The number of fused-ring (bicyclic) bond motifs is 1. The summed E-state index contributed by atoms with van der Waals surface area (Å²) in [6, 6.07) is 8.28. The Morgan fingerprint density at radius 2 is 1.86 bits per heavy atom. The average Bonchev–Trinajstić information content (AvgIpc) is 2.42. The van der Waals surface area contributed by atoms with Crippen molar-refractivity contribution in [3.05, 3.63) is 62.6 Å². The van der Waals surface area contributed by atoms with E-state index in [0.717, 1.165) is 6.07 Å². The van der Waals surface area contributed by atoms with E-state index >= 15 is 0 Å². The van der Waals surface area contributed by atoms with Crippen molar-refractivity contribution in [2.24, 2.45) is 0 Å². The minimum absolute atomic E-state index is 0.0187. The molecule has 0 spiro atoms. The number of pyridine rings is 1. The van der Waals surface area contributed by atoms with Gasteiger partial charge in [0.05, 0.1) is 16.1 Å². The number of nitrogens with one attached hydrogen (secondary N) is 1. The van der Waals surface area contributed by atoms with Crippen molar-refractivity contribution >= 4 is 34.1 Å². The summed E-state index contributed by atoms with van der Waals surface area (Å²) < 4.78 is 13.3. The Labute approximate surface area is 128 Å². The number of aromatic amines is 1. The van der Waals surface area contributed by atoms with Gasteiger partial charge in [-0.25, -0.2) is 4.39 Å². The minimum Gasteiger partial charge on any atom is -0.506 e. The maximum absolute atomic E-state index is 13.3. The van der Waals surface area contributed by atoms with Gasteiger partial charge in [0.2, 0.25) is 0 Å². The molecule has 0 saturated heterocycles. The van der Waals surface area contributed by atoms with Crippen LogP contribution in [-0.2, 0) is 0 Å². The normalized spacial score (nSPS) is 11.0. The van der Waals surface area contributed by atoms with Gasteiger partial charge in [-0.2, -0.15) is 0 Å². The molecule has 2 aromatic carbocycles. The van der Waals surface area contributed by atoms with Gasteiger partial charge in [0.25, 0.3) is 5.56 Å². The van der Waals surface area contributed by atoms with Gasteiger partial charge in [0.1, 0.15) is 11.6 Å². The van der Waals surface area contributed by atoms with Gasteiger partial charge in [-0.05, 0) is 30.3 Å². The van der Waals surface area contributed by atoms with E-state index in [0.29, 0.717) is 16.1 Å². The standard InChI is InChI=1S/C15H8Cl2FNO2/c16-7-1-3-9(11(17)5-7)13-14(20)10-6-8(18)2-4-12(10)19-15(13)21/h1-6H,(H2,19,20,21). The first-order chi connectivity index (χ1) is 9.97. The summed E-state index contributed by atoms with van der Waals surface area (Å²) in [6.45, 7) is 0. The van der Waals surface area contributed by atoms with Crippen LogP contribution < -0.4 is 5.56 Å². The topological polar surface area (TPSA) is 53.1 Å². The second kappa shape index (κ2) is 5.06.